The van der Waals surface area contributed by atoms with Crippen molar-refractivity contribution in [2.24, 2.45) is 28.2 Å². The van der Waals surface area contributed by atoms with E-state index in [1.54, 1.807) is 35.6 Å². The Morgan fingerprint density at radius 1 is 0.481 bits per heavy atom. The van der Waals surface area contributed by atoms with Gasteiger partial charge in [-0.05, 0) is 173 Å². The van der Waals surface area contributed by atoms with Crippen molar-refractivity contribution in [3.05, 3.63) is 213 Å². The van der Waals surface area contributed by atoms with Crippen LogP contribution in [-0.2, 0) is 34.6 Å². The van der Waals surface area contributed by atoms with E-state index in [1.807, 2.05) is 74.9 Å². The van der Waals surface area contributed by atoms with E-state index in [-0.39, 0.29) is 22.9 Å². The Kier molecular flexibility index (Phi) is 15.8. The third-order valence-corrected chi connectivity index (χ3v) is 15.9. The second kappa shape index (κ2) is 26.7. The molecule has 0 bridgehead atoms. The van der Waals surface area contributed by atoms with Crippen LogP contribution in [0.3, 0.4) is 0 Å². The lowest BCUT2D eigenvalue weighted by atomic mass is 9.93. The number of aromatic nitrogens is 4. The topological polar surface area (TPSA) is 15.5 Å². The maximum absolute atomic E-state index is 8.76. The molecular weight excluding hydrogens is 933 g/mol. The highest BCUT2D eigenvalue weighted by molar-refractivity contribution is 5.64. The normalized spacial score (nSPS) is 17.1. The molecule has 0 spiro atoms. The standard InChI is InChI=1S/2C19H24N.C18H24N.C17H22N/c2*1-14-8-4-7-11-17(14)19-12-15(2)18(13-20(19)3)16-9-5-6-10-16;1-6-15-11-18(16-10-8-7-9-14(16)4)19(5)12-17(15)13(2)3;1-12(2)16-10-17(18(5)11-14(16)4)15-9-7-6-8-13(15)3/h2*4,7-8,11-13,16H,5-6,9-10H2,1-3H3;7-13H,6H2,1-5H3;6-12H,1-5H3/q4*+1/i16D;;2D3,6D2,13D;4D3. The number of nitrogens with zero attached hydrogens (tertiary/aromatic N) is 4. The van der Waals surface area contributed by atoms with Gasteiger partial charge in [-0.25, -0.2) is 18.3 Å². The second-order valence-electron chi connectivity index (χ2n) is 22.1. The maximum Gasteiger partial charge on any atom is 0.212 e. The van der Waals surface area contributed by atoms with Gasteiger partial charge in [-0.3, -0.25) is 0 Å². The molecule has 2 saturated carbocycles. The van der Waals surface area contributed by atoms with Crippen molar-refractivity contribution in [3.8, 4) is 45.0 Å². The third kappa shape index (κ3) is 14.2. The lowest BCUT2D eigenvalue weighted by molar-refractivity contribution is -0.661. The Labute approximate surface area is 480 Å². The summed E-state index contributed by atoms with van der Waals surface area (Å²) in [6, 6.07) is 41.4. The molecule has 2 fully saturated rings. The van der Waals surface area contributed by atoms with Gasteiger partial charge in [0.2, 0.25) is 22.8 Å². The molecule has 2 aliphatic carbocycles. The summed E-state index contributed by atoms with van der Waals surface area (Å²) in [6.07, 6.45) is 16.0. The van der Waals surface area contributed by atoms with E-state index in [0.29, 0.717) is 5.56 Å². The molecule has 402 valence electrons. The Morgan fingerprint density at radius 2 is 0.870 bits per heavy atom. The van der Waals surface area contributed by atoms with Crippen molar-refractivity contribution < 1.29 is 32.0 Å². The molecule has 0 saturated heterocycles. The van der Waals surface area contributed by atoms with Gasteiger partial charge in [0.15, 0.2) is 24.8 Å². The molecule has 0 aliphatic heterocycles. The summed E-state index contributed by atoms with van der Waals surface area (Å²) >= 11 is 0. The zero-order valence-electron chi connectivity index (χ0n) is 59.0. The van der Waals surface area contributed by atoms with E-state index in [9.17, 15) is 0 Å². The molecule has 2 aliphatic rings. The first-order valence-corrected chi connectivity index (χ1v) is 28.0. The van der Waals surface area contributed by atoms with Crippen LogP contribution in [0.5, 0.6) is 0 Å². The van der Waals surface area contributed by atoms with Gasteiger partial charge < -0.3 is 0 Å². The molecule has 0 radical (unpaired) electrons. The lowest BCUT2D eigenvalue weighted by Gasteiger charge is -2.13. The zero-order chi connectivity index (χ0) is 64.1. The minimum atomic E-state index is -2.57. The summed E-state index contributed by atoms with van der Waals surface area (Å²) in [4.78, 5) is 0. The Morgan fingerprint density at radius 3 is 1.30 bits per heavy atom. The van der Waals surface area contributed by atoms with Gasteiger partial charge in [-0.2, -0.15) is 0 Å². The van der Waals surface area contributed by atoms with E-state index < -0.39 is 26.0 Å². The highest BCUT2D eigenvalue weighted by Gasteiger charge is 2.26. The molecular formula is C73H94N4+4. The molecule has 10 rings (SSSR count). The van der Waals surface area contributed by atoms with Crippen molar-refractivity contribution in [3.63, 3.8) is 0 Å². The molecule has 4 aromatic carbocycles. The van der Waals surface area contributed by atoms with Gasteiger partial charge in [0, 0.05) is 82.5 Å². The van der Waals surface area contributed by atoms with Crippen molar-refractivity contribution in [2.75, 3.05) is 0 Å². The molecule has 8 aromatic rings. The van der Waals surface area contributed by atoms with Crippen LogP contribution in [0.1, 0.15) is 190 Å². The fourth-order valence-electron chi connectivity index (χ4n) is 11.4. The molecule has 1 atom stereocenters. The predicted octanol–water partition coefficient (Wildman–Crippen LogP) is 17.0. The first kappa shape index (κ1) is 45.5. The summed E-state index contributed by atoms with van der Waals surface area (Å²) in [5.41, 5.74) is 21.2. The van der Waals surface area contributed by atoms with E-state index in [1.165, 1.54) is 108 Å². The number of aryl methyl sites for hydroxylation is 12. The van der Waals surface area contributed by atoms with Crippen LogP contribution in [0.2, 0.25) is 0 Å². The molecule has 0 amide bonds. The van der Waals surface area contributed by atoms with E-state index in [0.717, 1.165) is 52.4 Å². The van der Waals surface area contributed by atoms with Crippen LogP contribution in [0.15, 0.2) is 146 Å². The quantitative estimate of drug-likeness (QED) is 0.128. The maximum atomic E-state index is 8.76. The van der Waals surface area contributed by atoms with Crippen molar-refractivity contribution in [1.29, 1.82) is 0 Å². The smallest absolute Gasteiger partial charge is 0.201 e. The molecule has 1 unspecified atom stereocenters. The monoisotopic (exact) mass is 1040 g/mol. The van der Waals surface area contributed by atoms with Crippen molar-refractivity contribution in [1.82, 2.24) is 0 Å². The molecule has 4 heteroatoms. The number of rotatable bonds is 9. The molecule has 4 nitrogen and oxygen atoms in total. The van der Waals surface area contributed by atoms with Crippen LogP contribution in [-0.4, -0.2) is 0 Å². The van der Waals surface area contributed by atoms with Gasteiger partial charge in [0.05, 0.1) is 0 Å². The Balaban J connectivity index is 0.000000166. The van der Waals surface area contributed by atoms with Crippen LogP contribution in [0.25, 0.3) is 45.0 Å². The summed E-state index contributed by atoms with van der Waals surface area (Å²) in [5, 5.41) is 0. The first-order chi connectivity index (χ1) is 40.7. The SMILES string of the molecule is Cc1ccccc1-c1cc(C)c(C2CCCC2)c[n+]1C.[2H]C([2H])(C)c1cc(-c2ccccc2C)[n+](C)cc1C([2H])(C)C([2H])([2H])[2H].[2H]C([2H])([2H])c1c[n+](C)c(-c2ccccc2C)cc1C(C)C.[2H]C1(c2c[n+](C)c(-c3ccccc3C)cc2C)CCCC1. The second-order valence-corrected chi connectivity index (χ2v) is 22.1. The largest absolute Gasteiger partial charge is 0.212 e. The summed E-state index contributed by atoms with van der Waals surface area (Å²) in [7, 11) is 7.97. The van der Waals surface area contributed by atoms with Gasteiger partial charge in [0.25, 0.3) is 0 Å². The highest BCUT2D eigenvalue weighted by Crippen LogP contribution is 2.38. The van der Waals surface area contributed by atoms with Gasteiger partial charge in [-0.1, -0.05) is 133 Å². The van der Waals surface area contributed by atoms with Gasteiger partial charge >= 0.3 is 0 Å². The molecule has 4 aromatic heterocycles. The average Bonchev–Trinajstić information content (AvgIpc) is 1.11. The fraction of sp³-hybridized carbons (Fsp3) is 0.397. The number of pyridine rings is 4. The predicted molar refractivity (Wildman–Crippen MR) is 325 cm³/mol. The van der Waals surface area contributed by atoms with E-state index in [2.05, 4.69) is 143 Å². The minimum Gasteiger partial charge on any atom is -0.201 e. The average molecular weight is 1040 g/mol. The first-order valence-electron chi connectivity index (χ1n) is 33.0. The Bertz CT molecular complexity index is 3710. The summed E-state index contributed by atoms with van der Waals surface area (Å²) in [5.74, 6) is -1.32. The number of hydrogen-bond acceptors (Lipinski definition) is 0. The number of hydrogen-bond donors (Lipinski definition) is 0. The fourth-order valence-corrected chi connectivity index (χ4v) is 11.4. The number of benzene rings is 4. The molecule has 0 N–H and O–H groups in total. The minimum absolute atomic E-state index is 0.171. The highest BCUT2D eigenvalue weighted by atomic mass is 14.9. The van der Waals surface area contributed by atoms with Crippen molar-refractivity contribution in [2.45, 2.75) is 164 Å². The van der Waals surface area contributed by atoms with Gasteiger partial charge in [-0.15, -0.1) is 0 Å². The molecule has 4 heterocycles. The lowest BCUT2D eigenvalue weighted by Crippen LogP contribution is -2.32. The third-order valence-electron chi connectivity index (χ3n) is 15.9. The van der Waals surface area contributed by atoms with Gasteiger partial charge in [0.1, 0.15) is 28.2 Å². The van der Waals surface area contributed by atoms with Crippen LogP contribution < -0.4 is 18.3 Å². The van der Waals surface area contributed by atoms with Crippen LogP contribution in [0.4, 0.5) is 0 Å². The van der Waals surface area contributed by atoms with Crippen LogP contribution in [0, 0.1) is 48.4 Å². The van der Waals surface area contributed by atoms with Crippen molar-refractivity contribution >= 4 is 0 Å². The Hall–Kier alpha value is -6.52. The van der Waals surface area contributed by atoms with E-state index in [4.69, 9.17) is 13.7 Å². The molecule has 77 heavy (non-hydrogen) atoms. The summed E-state index contributed by atoms with van der Waals surface area (Å²) in [6.45, 7) is 15.0. The zero-order valence-corrected chi connectivity index (χ0v) is 49.0. The van der Waals surface area contributed by atoms with E-state index >= 15 is 0 Å². The van der Waals surface area contributed by atoms with Crippen LogP contribution >= 0.6 is 0 Å². The summed E-state index contributed by atoms with van der Waals surface area (Å²) < 4.78 is 88.1.